The maximum absolute atomic E-state index is 12.7. The summed E-state index contributed by atoms with van der Waals surface area (Å²) in [5, 5.41) is 18.0. The monoisotopic (exact) mass is 381 g/mol. The SMILES string of the molecule is O=C(O)N[C@@H](c1ccccc1)[C@@H](NC(=O)NC1CCCCC1)c1ccccc1. The predicted octanol–water partition coefficient (Wildman–Crippen LogP) is 4.37. The summed E-state index contributed by atoms with van der Waals surface area (Å²) in [6.07, 6.45) is 4.30. The Balaban J connectivity index is 1.84. The van der Waals surface area contributed by atoms with Gasteiger partial charge in [0.05, 0.1) is 12.1 Å². The molecule has 6 nitrogen and oxygen atoms in total. The molecule has 0 bridgehead atoms. The molecule has 148 valence electrons. The van der Waals surface area contributed by atoms with Gasteiger partial charge in [-0.25, -0.2) is 9.59 Å². The first-order chi connectivity index (χ1) is 13.6. The summed E-state index contributed by atoms with van der Waals surface area (Å²) in [5.74, 6) is 0. The van der Waals surface area contributed by atoms with Crippen LogP contribution < -0.4 is 16.0 Å². The van der Waals surface area contributed by atoms with Crippen LogP contribution in [0.4, 0.5) is 9.59 Å². The molecule has 0 heterocycles. The fourth-order valence-corrected chi connectivity index (χ4v) is 3.79. The van der Waals surface area contributed by atoms with Crippen LogP contribution in [0.1, 0.15) is 55.3 Å². The molecule has 2 aromatic rings. The Morgan fingerprint density at radius 3 is 1.79 bits per heavy atom. The molecule has 1 aliphatic rings. The van der Waals surface area contributed by atoms with Gasteiger partial charge in [0.25, 0.3) is 0 Å². The van der Waals surface area contributed by atoms with E-state index in [2.05, 4.69) is 16.0 Å². The molecular formula is C22H27N3O3. The molecule has 2 atom stereocenters. The maximum Gasteiger partial charge on any atom is 0.405 e. The summed E-state index contributed by atoms with van der Waals surface area (Å²) in [7, 11) is 0. The standard InChI is InChI=1S/C22H27N3O3/c26-21(23-18-14-8-3-9-15-18)24-19(16-10-4-1-5-11-16)20(25-22(27)28)17-12-6-2-7-13-17/h1-2,4-7,10-13,18-20,25H,3,8-9,14-15H2,(H,27,28)(H2,23,24,26)/t19-,20-/m0/s1. The smallest absolute Gasteiger partial charge is 0.405 e. The van der Waals surface area contributed by atoms with E-state index in [9.17, 15) is 14.7 Å². The Hall–Kier alpha value is -3.02. The molecule has 3 amide bonds. The minimum absolute atomic E-state index is 0.174. The van der Waals surface area contributed by atoms with Crippen molar-refractivity contribution in [3.8, 4) is 0 Å². The molecule has 28 heavy (non-hydrogen) atoms. The highest BCUT2D eigenvalue weighted by molar-refractivity contribution is 5.75. The molecule has 6 heteroatoms. The number of carboxylic acid groups (broad SMARTS) is 1. The predicted molar refractivity (Wildman–Crippen MR) is 108 cm³/mol. The van der Waals surface area contributed by atoms with Crippen LogP contribution in [0.3, 0.4) is 0 Å². The third-order valence-electron chi connectivity index (χ3n) is 5.16. The first kappa shape index (κ1) is 19.7. The third-order valence-corrected chi connectivity index (χ3v) is 5.16. The molecule has 2 aromatic carbocycles. The van der Waals surface area contributed by atoms with Crippen molar-refractivity contribution < 1.29 is 14.7 Å². The van der Waals surface area contributed by atoms with Gasteiger partial charge in [-0.2, -0.15) is 0 Å². The number of hydrogen-bond acceptors (Lipinski definition) is 2. The third kappa shape index (κ3) is 5.49. The number of amides is 3. The normalized spacial score (nSPS) is 16.6. The van der Waals surface area contributed by atoms with Crippen LogP contribution in [0.25, 0.3) is 0 Å². The summed E-state index contributed by atoms with van der Waals surface area (Å²) >= 11 is 0. The van der Waals surface area contributed by atoms with Gasteiger partial charge in [-0.3, -0.25) is 0 Å². The van der Waals surface area contributed by atoms with Crippen LogP contribution in [0, 0.1) is 0 Å². The molecule has 1 saturated carbocycles. The van der Waals surface area contributed by atoms with Crippen molar-refractivity contribution in [3.63, 3.8) is 0 Å². The molecule has 1 fully saturated rings. The zero-order valence-corrected chi connectivity index (χ0v) is 15.8. The van der Waals surface area contributed by atoms with Crippen molar-refractivity contribution >= 4 is 12.1 Å². The fourth-order valence-electron chi connectivity index (χ4n) is 3.79. The van der Waals surface area contributed by atoms with Crippen molar-refractivity contribution in [2.75, 3.05) is 0 Å². The Morgan fingerprint density at radius 1 is 0.786 bits per heavy atom. The first-order valence-corrected chi connectivity index (χ1v) is 9.80. The highest BCUT2D eigenvalue weighted by Gasteiger charge is 2.28. The van der Waals surface area contributed by atoms with Gasteiger partial charge in [0.15, 0.2) is 0 Å². The summed E-state index contributed by atoms with van der Waals surface area (Å²) in [6, 6.07) is 17.5. The average Bonchev–Trinajstić information content (AvgIpc) is 2.72. The molecule has 0 radical (unpaired) electrons. The number of nitrogens with one attached hydrogen (secondary N) is 3. The van der Waals surface area contributed by atoms with Gasteiger partial charge in [-0.15, -0.1) is 0 Å². The lowest BCUT2D eigenvalue weighted by molar-refractivity contribution is 0.184. The quantitative estimate of drug-likeness (QED) is 0.599. The highest BCUT2D eigenvalue weighted by atomic mass is 16.4. The van der Waals surface area contributed by atoms with Crippen LogP contribution in [-0.4, -0.2) is 23.3 Å². The second kappa shape index (κ2) is 9.78. The van der Waals surface area contributed by atoms with E-state index in [-0.39, 0.29) is 12.1 Å². The van der Waals surface area contributed by atoms with E-state index in [0.717, 1.165) is 36.8 Å². The zero-order chi connectivity index (χ0) is 19.8. The molecule has 0 saturated heterocycles. The average molecular weight is 381 g/mol. The lowest BCUT2D eigenvalue weighted by Gasteiger charge is -2.30. The number of carbonyl (C=O) groups excluding carboxylic acids is 1. The van der Waals surface area contributed by atoms with Crippen molar-refractivity contribution in [2.24, 2.45) is 0 Å². The number of hydrogen-bond donors (Lipinski definition) is 4. The summed E-state index contributed by atoms with van der Waals surface area (Å²) in [5.41, 5.74) is 1.63. The largest absolute Gasteiger partial charge is 0.465 e. The van der Waals surface area contributed by atoms with E-state index < -0.39 is 18.2 Å². The molecule has 3 rings (SSSR count). The molecule has 1 aliphatic carbocycles. The van der Waals surface area contributed by atoms with Crippen LogP contribution in [-0.2, 0) is 0 Å². The Bertz CT molecular complexity index is 761. The van der Waals surface area contributed by atoms with Crippen LogP contribution in [0.15, 0.2) is 60.7 Å². The van der Waals surface area contributed by atoms with Crippen LogP contribution in [0.2, 0.25) is 0 Å². The van der Waals surface area contributed by atoms with Gasteiger partial charge >= 0.3 is 12.1 Å². The van der Waals surface area contributed by atoms with Gasteiger partial charge in [0, 0.05) is 6.04 Å². The summed E-state index contributed by atoms with van der Waals surface area (Å²) < 4.78 is 0. The Kier molecular flexibility index (Phi) is 6.89. The molecule has 0 spiro atoms. The zero-order valence-electron chi connectivity index (χ0n) is 15.8. The summed E-state index contributed by atoms with van der Waals surface area (Å²) in [4.78, 5) is 24.2. The number of benzene rings is 2. The number of rotatable bonds is 6. The molecular weight excluding hydrogens is 354 g/mol. The van der Waals surface area contributed by atoms with Crippen molar-refractivity contribution in [2.45, 2.75) is 50.2 Å². The van der Waals surface area contributed by atoms with Gasteiger partial charge in [0.2, 0.25) is 0 Å². The molecule has 0 aromatic heterocycles. The Morgan fingerprint density at radius 2 is 1.29 bits per heavy atom. The molecule has 0 aliphatic heterocycles. The Labute approximate surface area is 165 Å². The van der Waals surface area contributed by atoms with E-state index in [4.69, 9.17) is 0 Å². The van der Waals surface area contributed by atoms with Crippen LogP contribution >= 0.6 is 0 Å². The second-order valence-electron chi connectivity index (χ2n) is 7.18. The number of urea groups is 1. The van der Waals surface area contributed by atoms with Gasteiger partial charge in [-0.05, 0) is 24.0 Å². The van der Waals surface area contributed by atoms with E-state index in [1.807, 2.05) is 60.7 Å². The number of carbonyl (C=O) groups is 2. The van der Waals surface area contributed by atoms with Gasteiger partial charge < -0.3 is 21.1 Å². The maximum atomic E-state index is 12.7. The van der Waals surface area contributed by atoms with E-state index in [0.29, 0.717) is 0 Å². The minimum Gasteiger partial charge on any atom is -0.465 e. The molecule has 4 N–H and O–H groups in total. The van der Waals surface area contributed by atoms with E-state index in [1.54, 1.807) is 0 Å². The fraction of sp³-hybridized carbons (Fsp3) is 0.364. The lowest BCUT2D eigenvalue weighted by Crippen LogP contribution is -2.47. The molecule has 0 unspecified atom stereocenters. The highest BCUT2D eigenvalue weighted by Crippen LogP contribution is 2.29. The summed E-state index contributed by atoms with van der Waals surface area (Å²) in [6.45, 7) is 0. The second-order valence-corrected chi connectivity index (χ2v) is 7.18. The topological polar surface area (TPSA) is 90.5 Å². The minimum atomic E-state index is -1.13. The van der Waals surface area contributed by atoms with Gasteiger partial charge in [0.1, 0.15) is 0 Å². The van der Waals surface area contributed by atoms with Crippen molar-refractivity contribution in [1.82, 2.24) is 16.0 Å². The van der Waals surface area contributed by atoms with E-state index >= 15 is 0 Å². The lowest BCUT2D eigenvalue weighted by atomic mass is 9.93. The van der Waals surface area contributed by atoms with Crippen molar-refractivity contribution in [3.05, 3.63) is 71.8 Å². The van der Waals surface area contributed by atoms with E-state index in [1.165, 1.54) is 6.42 Å². The van der Waals surface area contributed by atoms with Crippen molar-refractivity contribution in [1.29, 1.82) is 0 Å². The van der Waals surface area contributed by atoms with Gasteiger partial charge in [-0.1, -0.05) is 79.9 Å². The van der Waals surface area contributed by atoms with Crippen LogP contribution in [0.5, 0.6) is 0 Å². The first-order valence-electron chi connectivity index (χ1n) is 9.80.